The van der Waals surface area contributed by atoms with E-state index in [0.29, 0.717) is 23.4 Å². The molecule has 1 aliphatic heterocycles. The summed E-state index contributed by atoms with van der Waals surface area (Å²) < 4.78 is 14.3. The van der Waals surface area contributed by atoms with Gasteiger partial charge in [0.2, 0.25) is 0 Å². The van der Waals surface area contributed by atoms with Crippen molar-refractivity contribution in [2.24, 2.45) is 0 Å². The lowest BCUT2D eigenvalue weighted by molar-refractivity contribution is 0.0952. The predicted octanol–water partition coefficient (Wildman–Crippen LogP) is 4.01. The molecule has 0 unspecified atom stereocenters. The minimum atomic E-state index is -0.102. The van der Waals surface area contributed by atoms with Gasteiger partial charge in [-0.05, 0) is 62.2 Å². The van der Waals surface area contributed by atoms with Crippen molar-refractivity contribution in [3.63, 3.8) is 0 Å². The molecule has 1 aliphatic rings. The number of nitrogens with one attached hydrogen (secondary N) is 1. The topological polar surface area (TPSA) is 48.5 Å². The Kier molecular flexibility index (Phi) is 6.77. The Morgan fingerprint density at radius 1 is 1.06 bits per heavy atom. The summed E-state index contributed by atoms with van der Waals surface area (Å²) in [6, 6.07) is 15.0. The number of hydrogen-bond donors (Lipinski definition) is 1. The van der Waals surface area contributed by atoms with Crippen LogP contribution >= 0.6 is 0 Å². The van der Waals surface area contributed by atoms with Gasteiger partial charge < -0.3 is 10.2 Å². The minimum absolute atomic E-state index is 0.0421. The number of aromatic nitrogens is 1. The molecule has 1 aromatic heterocycles. The third kappa shape index (κ3) is 5.20. The molecule has 4 rings (SSSR count). The van der Waals surface area contributed by atoms with E-state index in [-0.39, 0.29) is 11.7 Å². The van der Waals surface area contributed by atoms with Crippen molar-refractivity contribution in [2.45, 2.75) is 19.8 Å². The van der Waals surface area contributed by atoms with Crippen LogP contribution in [0.1, 0.15) is 28.8 Å². The first-order valence-corrected chi connectivity index (χ1v) is 11.0. The molecule has 0 saturated carbocycles. The predicted molar refractivity (Wildman–Crippen MR) is 123 cm³/mol. The number of halogens is 1. The molecule has 31 heavy (non-hydrogen) atoms. The zero-order valence-corrected chi connectivity index (χ0v) is 18.0. The maximum atomic E-state index is 14.3. The van der Waals surface area contributed by atoms with E-state index in [4.69, 9.17) is 0 Å². The van der Waals surface area contributed by atoms with Crippen molar-refractivity contribution in [1.82, 2.24) is 15.2 Å². The molecule has 3 aromatic rings. The zero-order valence-electron chi connectivity index (χ0n) is 18.0. The number of carbonyl (C=O) groups excluding carboxylic acids is 1. The summed E-state index contributed by atoms with van der Waals surface area (Å²) in [5.41, 5.74) is 2.97. The number of fused-ring (bicyclic) bond motifs is 1. The first kappa shape index (κ1) is 21.2. The number of carbonyl (C=O) groups is 1. The van der Waals surface area contributed by atoms with Crippen molar-refractivity contribution in [3.8, 4) is 0 Å². The molecule has 2 heterocycles. The van der Waals surface area contributed by atoms with E-state index in [1.807, 2.05) is 55.5 Å². The van der Waals surface area contributed by atoms with Gasteiger partial charge in [-0.2, -0.15) is 0 Å². The van der Waals surface area contributed by atoms with Crippen molar-refractivity contribution >= 4 is 22.5 Å². The van der Waals surface area contributed by atoms with Crippen molar-refractivity contribution in [1.29, 1.82) is 0 Å². The first-order chi connectivity index (χ1) is 15.1. The van der Waals surface area contributed by atoms with E-state index in [2.05, 4.69) is 20.1 Å². The van der Waals surface area contributed by atoms with Crippen LogP contribution in [0.4, 0.5) is 10.1 Å². The third-order valence-electron chi connectivity index (χ3n) is 5.94. The highest BCUT2D eigenvalue weighted by Gasteiger charge is 2.19. The van der Waals surface area contributed by atoms with Crippen LogP contribution in [0.25, 0.3) is 10.9 Å². The molecule has 0 aliphatic carbocycles. The van der Waals surface area contributed by atoms with Gasteiger partial charge in [0.1, 0.15) is 5.82 Å². The molecule has 0 spiro atoms. The monoisotopic (exact) mass is 420 g/mol. The van der Waals surface area contributed by atoms with Gasteiger partial charge in [-0.15, -0.1) is 0 Å². The number of anilines is 1. The SMILES string of the molecule is Cc1cccc(N2CCN(CCCCNC(=O)c3ccc4ncccc4c3)CC2)c1F. The summed E-state index contributed by atoms with van der Waals surface area (Å²) >= 11 is 0. The molecular weight excluding hydrogens is 391 g/mol. The van der Waals surface area contributed by atoms with E-state index in [9.17, 15) is 9.18 Å². The number of nitrogens with zero attached hydrogens (tertiary/aromatic N) is 3. The highest BCUT2D eigenvalue weighted by molar-refractivity contribution is 5.97. The maximum absolute atomic E-state index is 14.3. The third-order valence-corrected chi connectivity index (χ3v) is 5.94. The van der Waals surface area contributed by atoms with Gasteiger partial charge in [0.25, 0.3) is 5.91 Å². The standard InChI is InChI=1S/C25H29FN4O/c1-19-6-4-8-23(24(19)26)30-16-14-29(15-17-30)13-3-2-11-28-25(31)21-9-10-22-20(18-21)7-5-12-27-22/h4-10,12,18H,2-3,11,13-17H2,1H3,(H,28,31). The van der Waals surface area contributed by atoms with E-state index < -0.39 is 0 Å². The maximum Gasteiger partial charge on any atom is 0.251 e. The molecule has 1 saturated heterocycles. The second-order valence-electron chi connectivity index (χ2n) is 8.11. The number of pyridine rings is 1. The molecule has 6 heteroatoms. The summed E-state index contributed by atoms with van der Waals surface area (Å²) in [5, 5.41) is 3.99. The first-order valence-electron chi connectivity index (χ1n) is 11.0. The van der Waals surface area contributed by atoms with Gasteiger partial charge in [-0.25, -0.2) is 4.39 Å². The normalized spacial score (nSPS) is 14.7. The number of benzene rings is 2. The molecule has 5 nitrogen and oxygen atoms in total. The number of piperazine rings is 1. The smallest absolute Gasteiger partial charge is 0.251 e. The molecule has 1 amide bonds. The lowest BCUT2D eigenvalue weighted by Crippen LogP contribution is -2.47. The van der Waals surface area contributed by atoms with E-state index in [0.717, 1.165) is 56.5 Å². The zero-order chi connectivity index (χ0) is 21.6. The quantitative estimate of drug-likeness (QED) is 0.587. The number of unbranched alkanes of at least 4 members (excludes halogenated alkanes) is 1. The Morgan fingerprint density at radius 3 is 2.74 bits per heavy atom. The summed E-state index contributed by atoms with van der Waals surface area (Å²) in [5.74, 6) is -0.145. The van der Waals surface area contributed by atoms with Crippen molar-refractivity contribution in [3.05, 3.63) is 71.7 Å². The van der Waals surface area contributed by atoms with Crippen LogP contribution in [-0.2, 0) is 0 Å². The van der Waals surface area contributed by atoms with Crippen LogP contribution in [0.3, 0.4) is 0 Å². The molecule has 1 N–H and O–H groups in total. The Labute approximate surface area is 182 Å². The van der Waals surface area contributed by atoms with Crippen molar-refractivity contribution < 1.29 is 9.18 Å². The average molecular weight is 421 g/mol. The second kappa shape index (κ2) is 9.88. The van der Waals surface area contributed by atoms with Gasteiger partial charge in [-0.1, -0.05) is 18.2 Å². The number of amides is 1. The van der Waals surface area contributed by atoms with E-state index in [1.165, 1.54) is 0 Å². The highest BCUT2D eigenvalue weighted by Crippen LogP contribution is 2.23. The van der Waals surface area contributed by atoms with Crippen LogP contribution in [0.15, 0.2) is 54.7 Å². The van der Waals surface area contributed by atoms with Gasteiger partial charge in [-0.3, -0.25) is 14.7 Å². The van der Waals surface area contributed by atoms with Crippen LogP contribution in [0.2, 0.25) is 0 Å². The lowest BCUT2D eigenvalue weighted by Gasteiger charge is -2.36. The number of rotatable bonds is 7. The second-order valence-corrected chi connectivity index (χ2v) is 8.11. The molecule has 2 aromatic carbocycles. The molecule has 0 radical (unpaired) electrons. The van der Waals surface area contributed by atoms with E-state index >= 15 is 0 Å². The van der Waals surface area contributed by atoms with E-state index in [1.54, 1.807) is 6.20 Å². The fraction of sp³-hybridized carbons (Fsp3) is 0.360. The highest BCUT2D eigenvalue weighted by atomic mass is 19.1. The molecule has 0 bridgehead atoms. The largest absolute Gasteiger partial charge is 0.367 e. The molecule has 1 fully saturated rings. The molecule has 0 atom stereocenters. The summed E-state index contributed by atoms with van der Waals surface area (Å²) in [6.07, 6.45) is 3.72. The molecule has 162 valence electrons. The van der Waals surface area contributed by atoms with Gasteiger partial charge in [0.15, 0.2) is 0 Å². The lowest BCUT2D eigenvalue weighted by atomic mass is 10.1. The number of hydrogen-bond acceptors (Lipinski definition) is 4. The minimum Gasteiger partial charge on any atom is -0.367 e. The van der Waals surface area contributed by atoms with Crippen LogP contribution in [0, 0.1) is 12.7 Å². The Hall–Kier alpha value is -2.99. The summed E-state index contributed by atoms with van der Waals surface area (Å²) in [6.45, 7) is 7.03. The fourth-order valence-corrected chi connectivity index (χ4v) is 4.07. The van der Waals surface area contributed by atoms with Gasteiger partial charge in [0.05, 0.1) is 11.2 Å². The average Bonchev–Trinajstić information content (AvgIpc) is 2.80. The van der Waals surface area contributed by atoms with Gasteiger partial charge >= 0.3 is 0 Å². The molecular formula is C25H29FN4O. The summed E-state index contributed by atoms with van der Waals surface area (Å²) in [7, 11) is 0. The number of aryl methyl sites for hydroxylation is 1. The van der Waals surface area contributed by atoms with Crippen molar-refractivity contribution in [2.75, 3.05) is 44.2 Å². The Morgan fingerprint density at radius 2 is 1.90 bits per heavy atom. The van der Waals surface area contributed by atoms with Crippen LogP contribution < -0.4 is 10.2 Å². The van der Waals surface area contributed by atoms with Crippen LogP contribution in [0.5, 0.6) is 0 Å². The van der Waals surface area contributed by atoms with Gasteiger partial charge in [0, 0.05) is 49.9 Å². The Balaban J connectivity index is 1.16. The summed E-state index contributed by atoms with van der Waals surface area (Å²) in [4.78, 5) is 21.2. The Bertz CT molecular complexity index is 1050. The van der Waals surface area contributed by atoms with Crippen LogP contribution in [-0.4, -0.2) is 55.1 Å². The fourth-order valence-electron chi connectivity index (χ4n) is 4.07.